The van der Waals surface area contributed by atoms with Crippen LogP contribution in [0.4, 0.5) is 0 Å². The minimum atomic E-state index is -1.37. The number of hydrogen-bond donors (Lipinski definition) is 6. The number of carbonyl (C=O) groups is 2. The van der Waals surface area contributed by atoms with Crippen LogP contribution in [0.2, 0.25) is 0 Å². The Morgan fingerprint density at radius 3 is 2.25 bits per heavy atom. The number of carbonyl (C=O) groups excluding carboxylic acids is 1. The van der Waals surface area contributed by atoms with Crippen LogP contribution in [-0.4, -0.2) is 86.9 Å². The van der Waals surface area contributed by atoms with Crippen molar-refractivity contribution in [3.05, 3.63) is 11.6 Å². The summed E-state index contributed by atoms with van der Waals surface area (Å²) in [5, 5.41) is 56.6. The van der Waals surface area contributed by atoms with E-state index in [-0.39, 0.29) is 50.9 Å². The average Bonchev–Trinajstić information content (AvgIpc) is 2.97. The minimum Gasteiger partial charge on any atom is -0.481 e. The van der Waals surface area contributed by atoms with Gasteiger partial charge in [-0.2, -0.15) is 0 Å². The highest BCUT2D eigenvalue weighted by Gasteiger charge is 2.71. The van der Waals surface area contributed by atoms with E-state index in [0.29, 0.717) is 18.8 Å². The Morgan fingerprint density at radius 1 is 0.938 bits per heavy atom. The van der Waals surface area contributed by atoms with Crippen molar-refractivity contribution in [1.82, 2.24) is 5.32 Å². The molecule has 6 N–H and O–H groups in total. The van der Waals surface area contributed by atoms with Gasteiger partial charge in [0.05, 0.1) is 18.8 Å². The number of aliphatic hydroxyl groups is 4. The summed E-state index contributed by atoms with van der Waals surface area (Å²) < 4.78 is 12.7. The number of aliphatic carboxylic acids is 1. The van der Waals surface area contributed by atoms with Crippen LogP contribution < -0.4 is 5.32 Å². The number of carboxylic acid groups (broad SMARTS) is 1. The molecule has 0 aromatic rings. The maximum atomic E-state index is 13.0. The van der Waals surface area contributed by atoms with E-state index >= 15 is 0 Å². The molecule has 48 heavy (non-hydrogen) atoms. The van der Waals surface area contributed by atoms with Crippen molar-refractivity contribution < 1.29 is 44.6 Å². The Morgan fingerprint density at radius 2 is 1.62 bits per heavy atom. The highest BCUT2D eigenvalue weighted by atomic mass is 16.7. The molecule has 0 bridgehead atoms. The van der Waals surface area contributed by atoms with E-state index in [1.165, 1.54) is 12.5 Å². The van der Waals surface area contributed by atoms with E-state index in [2.05, 4.69) is 59.9 Å². The highest BCUT2D eigenvalue weighted by Crippen LogP contribution is 2.76. The Bertz CT molecular complexity index is 1330. The molecular formula is C38H61NO9. The van der Waals surface area contributed by atoms with E-state index in [4.69, 9.17) is 9.47 Å². The van der Waals surface area contributed by atoms with Gasteiger partial charge >= 0.3 is 5.97 Å². The van der Waals surface area contributed by atoms with Crippen molar-refractivity contribution in [1.29, 1.82) is 0 Å². The molecule has 0 aromatic carbocycles. The SMILES string of the molecule is CC(=O)N[C@H]1[C@H](O[C@H]2CC[C@@]3(C)C(CC[C@]4(C)C3CC=C3C5CC(C)(C)CC[C@]5(C(=O)O)[C@H](O)C[C@]34C)C2(C)C)O[C@H](CO)[C@@H](O)[C@@H]1O. The zero-order chi connectivity index (χ0) is 35.4. The van der Waals surface area contributed by atoms with Crippen molar-refractivity contribution in [2.75, 3.05) is 6.61 Å². The Kier molecular flexibility index (Phi) is 8.86. The maximum Gasteiger partial charge on any atom is 0.312 e. The van der Waals surface area contributed by atoms with Gasteiger partial charge in [-0.05, 0) is 103 Å². The monoisotopic (exact) mass is 675 g/mol. The van der Waals surface area contributed by atoms with Crippen molar-refractivity contribution >= 4 is 11.9 Å². The van der Waals surface area contributed by atoms with Gasteiger partial charge in [-0.1, -0.05) is 60.1 Å². The number of carboxylic acids is 1. The van der Waals surface area contributed by atoms with Crippen LogP contribution in [-0.2, 0) is 19.1 Å². The van der Waals surface area contributed by atoms with Crippen LogP contribution in [0.5, 0.6) is 0 Å². The first kappa shape index (κ1) is 36.2. The number of hydrogen-bond acceptors (Lipinski definition) is 8. The normalized spacial score (nSPS) is 50.9. The molecule has 1 amide bonds. The summed E-state index contributed by atoms with van der Waals surface area (Å²) in [4.78, 5) is 25.1. The van der Waals surface area contributed by atoms with Gasteiger partial charge in [0.25, 0.3) is 0 Å². The molecule has 6 rings (SSSR count). The average molecular weight is 676 g/mol. The molecular weight excluding hydrogens is 614 g/mol. The molecule has 0 spiro atoms. The van der Waals surface area contributed by atoms with Crippen LogP contribution in [0.3, 0.4) is 0 Å². The molecule has 4 saturated carbocycles. The fourth-order valence-electron chi connectivity index (χ4n) is 12.7. The molecule has 0 radical (unpaired) electrons. The highest BCUT2D eigenvalue weighted by molar-refractivity contribution is 5.77. The predicted octanol–water partition coefficient (Wildman–Crippen LogP) is 4.17. The molecule has 1 saturated heterocycles. The number of allylic oxidation sites excluding steroid dienone is 2. The zero-order valence-corrected chi connectivity index (χ0v) is 30.3. The van der Waals surface area contributed by atoms with Gasteiger partial charge in [0, 0.05) is 6.92 Å². The lowest BCUT2D eigenvalue weighted by molar-refractivity contribution is -0.307. The largest absolute Gasteiger partial charge is 0.481 e. The minimum absolute atomic E-state index is 0.0124. The van der Waals surface area contributed by atoms with E-state index in [0.717, 1.165) is 44.9 Å². The van der Waals surface area contributed by atoms with Crippen molar-refractivity contribution in [2.45, 2.75) is 156 Å². The first-order valence-corrected chi connectivity index (χ1v) is 18.4. The smallest absolute Gasteiger partial charge is 0.312 e. The second-order valence-corrected chi connectivity index (χ2v) is 18.7. The molecule has 1 heterocycles. The summed E-state index contributed by atoms with van der Waals surface area (Å²) in [5.74, 6) is -0.798. The third kappa shape index (κ3) is 5.01. The van der Waals surface area contributed by atoms with Gasteiger partial charge in [0.2, 0.25) is 5.91 Å². The first-order chi connectivity index (χ1) is 22.2. The molecule has 3 unspecified atom stereocenters. The Labute approximate surface area is 286 Å². The van der Waals surface area contributed by atoms with Crippen molar-refractivity contribution in [3.63, 3.8) is 0 Å². The Balaban J connectivity index is 1.31. The topological polar surface area (TPSA) is 166 Å². The van der Waals surface area contributed by atoms with E-state index < -0.39 is 54.7 Å². The first-order valence-electron chi connectivity index (χ1n) is 18.4. The summed E-state index contributed by atoms with van der Waals surface area (Å²) in [6.07, 6.45) is 3.42. The third-order valence-electron chi connectivity index (χ3n) is 15.6. The van der Waals surface area contributed by atoms with Gasteiger partial charge in [-0.15, -0.1) is 0 Å². The van der Waals surface area contributed by atoms with Crippen LogP contribution >= 0.6 is 0 Å². The zero-order valence-electron chi connectivity index (χ0n) is 30.3. The van der Waals surface area contributed by atoms with E-state index in [9.17, 15) is 35.1 Å². The molecule has 5 aliphatic carbocycles. The fraction of sp³-hybridized carbons (Fsp3) is 0.895. The quantitative estimate of drug-likeness (QED) is 0.185. The van der Waals surface area contributed by atoms with Gasteiger partial charge in [-0.3, -0.25) is 9.59 Å². The molecule has 6 aliphatic rings. The number of ether oxygens (including phenoxy) is 2. The standard InChI is InChI=1S/C38H61NO9/c1-20(41)39-28-30(44)29(43)23(19-40)47-31(28)48-27-12-13-35(6)24(34(27,4)5)11-14-36(7)25(35)10-9-21-22-17-33(2,3)15-16-38(22,32(45)46)26(42)18-37(21,36)8/h9,22-31,40,42-44H,10-19H2,1-8H3,(H,39,41)(H,45,46)/t22?,23-,24?,25?,26-,27+,28-,29-,30-,31+,35+,36-,37-,38-/m1/s1. The van der Waals surface area contributed by atoms with Crippen LogP contribution in [0.1, 0.15) is 113 Å². The molecule has 272 valence electrons. The molecule has 0 aromatic heterocycles. The van der Waals surface area contributed by atoms with Crippen LogP contribution in [0.15, 0.2) is 11.6 Å². The summed E-state index contributed by atoms with van der Waals surface area (Å²) in [7, 11) is 0. The van der Waals surface area contributed by atoms with Gasteiger partial charge in [0.15, 0.2) is 6.29 Å². The second kappa shape index (κ2) is 11.7. The van der Waals surface area contributed by atoms with Crippen molar-refractivity contribution in [3.8, 4) is 0 Å². The van der Waals surface area contributed by atoms with Crippen LogP contribution in [0, 0.1) is 50.2 Å². The molecule has 14 atom stereocenters. The van der Waals surface area contributed by atoms with E-state index in [1.807, 2.05) is 0 Å². The number of aliphatic hydroxyl groups excluding tert-OH is 4. The summed E-state index contributed by atoms with van der Waals surface area (Å²) in [6, 6.07) is -0.985. The van der Waals surface area contributed by atoms with Crippen LogP contribution in [0.25, 0.3) is 0 Å². The van der Waals surface area contributed by atoms with Gasteiger partial charge < -0.3 is 40.3 Å². The summed E-state index contributed by atoms with van der Waals surface area (Å²) in [6.45, 7) is 17.0. The summed E-state index contributed by atoms with van der Waals surface area (Å²) in [5.41, 5.74) is -0.648. The van der Waals surface area contributed by atoms with Gasteiger partial charge in [-0.25, -0.2) is 0 Å². The summed E-state index contributed by atoms with van der Waals surface area (Å²) >= 11 is 0. The lowest BCUT2D eigenvalue weighted by Crippen LogP contribution is -2.68. The molecule has 10 heteroatoms. The maximum absolute atomic E-state index is 13.0. The number of nitrogens with one attached hydrogen (secondary N) is 1. The number of amides is 1. The van der Waals surface area contributed by atoms with Gasteiger partial charge in [0.1, 0.15) is 29.8 Å². The van der Waals surface area contributed by atoms with Crippen molar-refractivity contribution in [2.24, 2.45) is 50.2 Å². The third-order valence-corrected chi connectivity index (χ3v) is 15.6. The lowest BCUT2D eigenvalue weighted by Gasteiger charge is -2.71. The molecule has 10 nitrogen and oxygen atoms in total. The Hall–Kier alpha value is -1.56. The second-order valence-electron chi connectivity index (χ2n) is 18.7. The predicted molar refractivity (Wildman–Crippen MR) is 178 cm³/mol. The lowest BCUT2D eigenvalue weighted by atomic mass is 9.33. The van der Waals surface area contributed by atoms with E-state index in [1.54, 1.807) is 0 Å². The molecule has 1 aliphatic heterocycles. The number of fused-ring (bicyclic) bond motifs is 7. The number of rotatable bonds is 5. The fourth-order valence-corrected chi connectivity index (χ4v) is 12.7. The molecule has 5 fully saturated rings.